The van der Waals surface area contributed by atoms with E-state index in [0.717, 1.165) is 34.8 Å². The third-order valence-electron chi connectivity index (χ3n) is 7.03. The van der Waals surface area contributed by atoms with Crippen LogP contribution in [0.1, 0.15) is 24.0 Å². The van der Waals surface area contributed by atoms with Gasteiger partial charge in [0, 0.05) is 57.2 Å². The minimum absolute atomic E-state index is 0.0364. The van der Waals surface area contributed by atoms with Gasteiger partial charge in [-0.05, 0) is 37.0 Å². The van der Waals surface area contributed by atoms with Crippen LogP contribution in [0.4, 0.5) is 19.3 Å². The number of amides is 5. The number of piperidine rings is 1. The van der Waals surface area contributed by atoms with Gasteiger partial charge in [-0.2, -0.15) is 0 Å². The molecule has 0 spiro atoms. The van der Waals surface area contributed by atoms with Gasteiger partial charge in [0.15, 0.2) is 11.6 Å². The van der Waals surface area contributed by atoms with Crippen LogP contribution in [-0.4, -0.2) is 90.2 Å². The predicted octanol–water partition coefficient (Wildman–Crippen LogP) is 2.93. The lowest BCUT2D eigenvalue weighted by Crippen LogP contribution is -2.51. The number of hydrogen-bond acceptors (Lipinski definition) is 4. The number of nitrogens with one attached hydrogen (secondary N) is 1. The van der Waals surface area contributed by atoms with Crippen LogP contribution in [0.2, 0.25) is 0 Å². The Kier molecular flexibility index (Phi) is 8.58. The molecule has 1 saturated heterocycles. The summed E-state index contributed by atoms with van der Waals surface area (Å²) in [5.74, 6) is -3.37. The zero-order valence-electron chi connectivity index (χ0n) is 21.9. The molecule has 39 heavy (non-hydrogen) atoms. The molecule has 9 nitrogen and oxygen atoms in total. The summed E-state index contributed by atoms with van der Waals surface area (Å²) in [6, 6.07) is 10.9. The third kappa shape index (κ3) is 6.24. The Hall–Kier alpha value is -4.28. The smallest absolute Gasteiger partial charge is 0.322 e. The highest BCUT2D eigenvalue weighted by Gasteiger charge is 2.31. The lowest BCUT2D eigenvalue weighted by atomic mass is 10.0. The van der Waals surface area contributed by atoms with Gasteiger partial charge in [0.25, 0.3) is 5.91 Å². The molecule has 0 aliphatic carbocycles. The lowest BCUT2D eigenvalue weighted by molar-refractivity contribution is -0.135. The van der Waals surface area contributed by atoms with Crippen molar-refractivity contribution in [2.24, 2.45) is 0 Å². The zero-order chi connectivity index (χ0) is 28.1. The molecule has 0 unspecified atom stereocenters. The second-order valence-electron chi connectivity index (χ2n) is 9.76. The number of fused-ring (bicyclic) bond motifs is 1. The predicted molar refractivity (Wildman–Crippen MR) is 141 cm³/mol. The van der Waals surface area contributed by atoms with Crippen molar-refractivity contribution in [3.63, 3.8) is 0 Å². The van der Waals surface area contributed by atoms with Gasteiger partial charge in [0.1, 0.15) is 6.54 Å². The first-order valence-electron chi connectivity index (χ1n) is 12.7. The van der Waals surface area contributed by atoms with Crippen LogP contribution >= 0.6 is 0 Å². The number of likely N-dealkylation sites (N-methyl/N-ethyl adjacent to an activating group) is 1. The van der Waals surface area contributed by atoms with Crippen molar-refractivity contribution < 1.29 is 28.0 Å². The number of benzene rings is 2. The fourth-order valence-corrected chi connectivity index (χ4v) is 4.89. The van der Waals surface area contributed by atoms with Crippen molar-refractivity contribution in [2.45, 2.75) is 25.3 Å². The summed E-state index contributed by atoms with van der Waals surface area (Å²) in [4.78, 5) is 56.0. The molecule has 1 N–H and O–H groups in total. The lowest BCUT2D eigenvalue weighted by Gasteiger charge is -2.38. The Morgan fingerprint density at radius 3 is 2.46 bits per heavy atom. The molecule has 0 saturated carbocycles. The molecule has 2 aromatic carbocycles. The first kappa shape index (κ1) is 27.7. The summed E-state index contributed by atoms with van der Waals surface area (Å²) in [7, 11) is 2.88. The number of para-hydroxylation sites is 1. The Morgan fingerprint density at radius 1 is 1.05 bits per heavy atom. The number of carbonyl (C=O) groups is 4. The van der Waals surface area contributed by atoms with Gasteiger partial charge >= 0.3 is 6.03 Å². The van der Waals surface area contributed by atoms with Crippen molar-refractivity contribution in [1.29, 1.82) is 0 Å². The van der Waals surface area contributed by atoms with Gasteiger partial charge in [-0.25, -0.2) is 13.6 Å². The highest BCUT2D eigenvalue weighted by Crippen LogP contribution is 2.25. The maximum Gasteiger partial charge on any atom is 0.322 e. The summed E-state index contributed by atoms with van der Waals surface area (Å²) in [6.45, 7) is 0.969. The molecule has 11 heteroatoms. The monoisotopic (exact) mass is 539 g/mol. The molecule has 0 bridgehead atoms. The minimum Gasteiger partial charge on any atom is -0.345 e. The van der Waals surface area contributed by atoms with Crippen LogP contribution in [0, 0.1) is 11.6 Å². The summed E-state index contributed by atoms with van der Waals surface area (Å²) in [6.07, 6.45) is 3.31. The van der Waals surface area contributed by atoms with Crippen LogP contribution in [0.5, 0.6) is 0 Å². The number of nitrogens with zero attached hydrogens (tertiary/aromatic N) is 4. The van der Waals surface area contributed by atoms with E-state index >= 15 is 0 Å². The molecule has 206 valence electrons. The fraction of sp³-hybridized carbons (Fsp3) is 0.357. The van der Waals surface area contributed by atoms with Gasteiger partial charge in [0.2, 0.25) is 12.3 Å². The number of anilines is 1. The first-order chi connectivity index (χ1) is 18.7. The van der Waals surface area contributed by atoms with E-state index < -0.39 is 17.5 Å². The Balaban J connectivity index is 1.41. The average molecular weight is 540 g/mol. The van der Waals surface area contributed by atoms with Gasteiger partial charge in [-0.15, -0.1) is 0 Å². The van der Waals surface area contributed by atoms with Crippen LogP contribution < -0.4 is 5.32 Å². The number of carbonyl (C=O) groups excluding carboxylic acids is 4. The molecule has 2 aliphatic rings. The van der Waals surface area contributed by atoms with Gasteiger partial charge < -0.3 is 24.9 Å². The molecule has 0 aromatic heterocycles. The molecule has 2 heterocycles. The van der Waals surface area contributed by atoms with Crippen molar-refractivity contribution in [3.05, 3.63) is 71.4 Å². The normalized spacial score (nSPS) is 16.2. The highest BCUT2D eigenvalue weighted by atomic mass is 19.2. The van der Waals surface area contributed by atoms with Crippen molar-refractivity contribution >= 4 is 35.5 Å². The average Bonchev–Trinajstić information content (AvgIpc) is 3.10. The summed E-state index contributed by atoms with van der Waals surface area (Å²) >= 11 is 0. The molecule has 5 amide bonds. The molecule has 1 fully saturated rings. The second-order valence-corrected chi connectivity index (χ2v) is 9.76. The fourth-order valence-electron chi connectivity index (χ4n) is 4.89. The van der Waals surface area contributed by atoms with Crippen LogP contribution in [0.3, 0.4) is 0 Å². The van der Waals surface area contributed by atoms with Gasteiger partial charge in [-0.3, -0.25) is 14.4 Å². The number of rotatable bonds is 7. The molecule has 0 radical (unpaired) electrons. The van der Waals surface area contributed by atoms with Gasteiger partial charge in [-0.1, -0.05) is 30.3 Å². The maximum absolute atomic E-state index is 14.5. The largest absolute Gasteiger partial charge is 0.345 e. The van der Waals surface area contributed by atoms with Crippen LogP contribution in [0.15, 0.2) is 48.7 Å². The topological polar surface area (TPSA) is 93.3 Å². The van der Waals surface area contributed by atoms with E-state index in [1.165, 1.54) is 31.1 Å². The summed E-state index contributed by atoms with van der Waals surface area (Å²) in [5.41, 5.74) is 1.31. The van der Waals surface area contributed by atoms with Crippen molar-refractivity contribution in [3.8, 4) is 0 Å². The maximum atomic E-state index is 14.5. The Labute approximate surface area is 225 Å². The second kappa shape index (κ2) is 12.1. The van der Waals surface area contributed by atoms with E-state index in [-0.39, 0.29) is 35.7 Å². The SMILES string of the molecule is CN(C)C(=O)/C(=C\N(C=O)CC(=O)N1CCC(N2CCc3ccccc3NC2=O)CC1)c1cccc(F)c1F. The standard InChI is InChI=1S/C28H31F2N5O4/c1-32(2)27(38)22(21-7-5-8-23(29)26(21)30)16-33(18-36)17-25(37)34-13-11-20(12-14-34)35-15-10-19-6-3-4-9-24(19)31-28(35)39/h3-9,16,18,20H,10-15,17H2,1-2H3,(H,31,39)/b22-16-. The van der Waals surface area contributed by atoms with E-state index in [1.807, 2.05) is 29.2 Å². The number of hydrogen-bond donors (Lipinski definition) is 1. The number of halogens is 2. The summed E-state index contributed by atoms with van der Waals surface area (Å²) in [5, 5.41) is 2.97. The van der Waals surface area contributed by atoms with Crippen LogP contribution in [0.25, 0.3) is 5.57 Å². The molecular weight excluding hydrogens is 508 g/mol. The van der Waals surface area contributed by atoms with E-state index in [4.69, 9.17) is 0 Å². The zero-order valence-corrected chi connectivity index (χ0v) is 21.9. The number of urea groups is 1. The molecule has 2 aromatic rings. The van der Waals surface area contributed by atoms with Gasteiger partial charge in [0.05, 0.1) is 5.57 Å². The van der Waals surface area contributed by atoms with Crippen LogP contribution in [-0.2, 0) is 20.8 Å². The van der Waals surface area contributed by atoms with E-state index in [1.54, 1.807) is 4.90 Å². The van der Waals surface area contributed by atoms with E-state index in [2.05, 4.69) is 5.32 Å². The first-order valence-corrected chi connectivity index (χ1v) is 12.7. The van der Waals surface area contributed by atoms with Crippen molar-refractivity contribution in [2.75, 3.05) is 45.6 Å². The quantitative estimate of drug-likeness (QED) is 0.433. The number of likely N-dealkylation sites (tertiary alicyclic amines) is 1. The summed E-state index contributed by atoms with van der Waals surface area (Å²) < 4.78 is 28.4. The molecule has 4 rings (SSSR count). The van der Waals surface area contributed by atoms with E-state index in [9.17, 15) is 28.0 Å². The highest BCUT2D eigenvalue weighted by molar-refractivity contribution is 6.19. The van der Waals surface area contributed by atoms with E-state index in [0.29, 0.717) is 38.9 Å². The minimum atomic E-state index is -1.22. The Bertz CT molecular complexity index is 1290. The molecule has 2 aliphatic heterocycles. The van der Waals surface area contributed by atoms with Crippen molar-refractivity contribution in [1.82, 2.24) is 19.6 Å². The Morgan fingerprint density at radius 2 is 1.77 bits per heavy atom. The molecule has 0 atom stereocenters. The third-order valence-corrected chi connectivity index (χ3v) is 7.03. The molecular formula is C28H31F2N5O4.